The summed E-state index contributed by atoms with van der Waals surface area (Å²) in [6, 6.07) is 4.43. The van der Waals surface area contributed by atoms with Crippen LogP contribution in [0.25, 0.3) is 11.0 Å². The van der Waals surface area contributed by atoms with Crippen molar-refractivity contribution in [2.45, 2.75) is 25.1 Å². The first-order valence-electron chi connectivity index (χ1n) is 5.88. The Morgan fingerprint density at radius 2 is 2.05 bits per heavy atom. The van der Waals surface area contributed by atoms with E-state index in [0.29, 0.717) is 11.0 Å². The van der Waals surface area contributed by atoms with Crippen molar-refractivity contribution in [1.82, 2.24) is 15.0 Å². The van der Waals surface area contributed by atoms with Gasteiger partial charge in [0.1, 0.15) is 5.52 Å². The van der Waals surface area contributed by atoms with Gasteiger partial charge in [0.25, 0.3) is 0 Å². The Labute approximate surface area is 116 Å². The molecule has 0 radical (unpaired) electrons. The van der Waals surface area contributed by atoms with Crippen molar-refractivity contribution in [3.8, 4) is 0 Å². The van der Waals surface area contributed by atoms with Crippen molar-refractivity contribution in [1.29, 1.82) is 0 Å². The maximum Gasteiger partial charge on any atom is 0.335 e. The summed E-state index contributed by atoms with van der Waals surface area (Å²) in [6.07, 6.45) is 1.16. The number of hydrogen-bond acceptors (Lipinski definition) is 5. The molecular formula is C12H15N3O4S. The number of fused-ring (bicyclic) bond motifs is 1. The number of benzene rings is 1. The predicted molar refractivity (Wildman–Crippen MR) is 73.4 cm³/mol. The van der Waals surface area contributed by atoms with Gasteiger partial charge < -0.3 is 5.11 Å². The van der Waals surface area contributed by atoms with E-state index in [0.717, 1.165) is 6.26 Å². The Morgan fingerprint density at radius 1 is 1.40 bits per heavy atom. The number of carboxylic acids is 1. The Bertz CT molecular complexity index is 777. The Hall–Kier alpha value is -1.96. The lowest BCUT2D eigenvalue weighted by Crippen LogP contribution is -2.36. The highest BCUT2D eigenvalue weighted by atomic mass is 32.2. The average Bonchev–Trinajstić information content (AvgIpc) is 2.69. The second-order valence-electron chi connectivity index (χ2n) is 5.29. The van der Waals surface area contributed by atoms with E-state index in [2.05, 4.69) is 10.3 Å². The molecule has 0 aliphatic carbocycles. The molecule has 0 aliphatic rings. The molecule has 0 bridgehead atoms. The van der Waals surface area contributed by atoms with Gasteiger partial charge in [0, 0.05) is 6.26 Å². The van der Waals surface area contributed by atoms with Gasteiger partial charge in [-0.3, -0.25) is 0 Å². The van der Waals surface area contributed by atoms with E-state index in [1.54, 1.807) is 19.9 Å². The summed E-state index contributed by atoms with van der Waals surface area (Å²) in [5.41, 5.74) is 1.14. The second-order valence-corrected chi connectivity index (χ2v) is 7.94. The summed E-state index contributed by atoms with van der Waals surface area (Å²) in [7, 11) is -3.28. The molecule has 0 aliphatic heterocycles. The van der Waals surface area contributed by atoms with Crippen molar-refractivity contribution in [2.24, 2.45) is 0 Å². The van der Waals surface area contributed by atoms with Crippen LogP contribution in [0.4, 0.5) is 0 Å². The zero-order valence-corrected chi connectivity index (χ0v) is 12.2. The lowest BCUT2D eigenvalue weighted by Gasteiger charge is -2.22. The fourth-order valence-corrected chi connectivity index (χ4v) is 2.05. The first-order valence-corrected chi connectivity index (χ1v) is 7.77. The molecule has 0 spiro atoms. The summed E-state index contributed by atoms with van der Waals surface area (Å²) in [6.45, 7) is 3.29. The molecule has 0 saturated heterocycles. The third-order valence-corrected chi connectivity index (χ3v) is 5.43. The summed E-state index contributed by atoms with van der Waals surface area (Å²) >= 11 is 0. The molecule has 2 rings (SSSR count). The molecule has 108 valence electrons. The smallest absolute Gasteiger partial charge is 0.335 e. The zero-order chi connectivity index (χ0) is 15.1. The highest BCUT2D eigenvalue weighted by Gasteiger charge is 2.31. The molecule has 2 aromatic rings. The van der Waals surface area contributed by atoms with Crippen molar-refractivity contribution in [2.75, 3.05) is 6.26 Å². The van der Waals surface area contributed by atoms with Gasteiger partial charge in [-0.05, 0) is 32.0 Å². The molecule has 7 nitrogen and oxygen atoms in total. The Morgan fingerprint density at radius 3 is 2.60 bits per heavy atom. The van der Waals surface area contributed by atoms with E-state index in [-0.39, 0.29) is 12.1 Å². The van der Waals surface area contributed by atoms with Gasteiger partial charge in [0.15, 0.2) is 9.84 Å². The highest BCUT2D eigenvalue weighted by Crippen LogP contribution is 2.21. The molecule has 0 saturated carbocycles. The van der Waals surface area contributed by atoms with Crippen molar-refractivity contribution in [3.05, 3.63) is 23.8 Å². The summed E-state index contributed by atoms with van der Waals surface area (Å²) in [5, 5.41) is 16.8. The van der Waals surface area contributed by atoms with Crippen molar-refractivity contribution >= 4 is 26.8 Å². The first kappa shape index (κ1) is 14.4. The van der Waals surface area contributed by atoms with Crippen LogP contribution in [0.5, 0.6) is 0 Å². The maximum atomic E-state index is 11.7. The monoisotopic (exact) mass is 297 g/mol. The predicted octanol–water partition coefficient (Wildman–Crippen LogP) is 0.953. The van der Waals surface area contributed by atoms with Gasteiger partial charge in [-0.2, -0.15) is 0 Å². The maximum absolute atomic E-state index is 11.7. The zero-order valence-electron chi connectivity index (χ0n) is 11.4. The molecule has 0 fully saturated rings. The number of nitrogens with zero attached hydrogens (tertiary/aromatic N) is 3. The van der Waals surface area contributed by atoms with E-state index in [4.69, 9.17) is 5.11 Å². The quantitative estimate of drug-likeness (QED) is 0.901. The van der Waals surface area contributed by atoms with Crippen LogP contribution in [0.3, 0.4) is 0 Å². The van der Waals surface area contributed by atoms with Crippen molar-refractivity contribution < 1.29 is 18.3 Å². The molecule has 1 heterocycles. The van der Waals surface area contributed by atoms with Crippen LogP contribution >= 0.6 is 0 Å². The van der Waals surface area contributed by atoms with Crippen LogP contribution < -0.4 is 0 Å². The normalized spacial score (nSPS) is 12.8. The summed E-state index contributed by atoms with van der Waals surface area (Å²) in [5.74, 6) is -1.05. The fourth-order valence-electron chi connectivity index (χ4n) is 1.69. The minimum absolute atomic E-state index is 0.103. The van der Waals surface area contributed by atoms with Crippen LogP contribution in [0.1, 0.15) is 24.2 Å². The highest BCUT2D eigenvalue weighted by molar-refractivity contribution is 7.92. The largest absolute Gasteiger partial charge is 0.478 e. The van der Waals surface area contributed by atoms with Crippen LogP contribution in [0.2, 0.25) is 0 Å². The SMILES string of the molecule is CC(C)(Cn1nnc2ccc(C(=O)O)cc21)S(C)(=O)=O. The second kappa shape index (κ2) is 4.55. The minimum Gasteiger partial charge on any atom is -0.478 e. The van der Waals surface area contributed by atoms with Crippen LogP contribution in [0.15, 0.2) is 18.2 Å². The van der Waals surface area contributed by atoms with E-state index in [1.165, 1.54) is 16.8 Å². The topological polar surface area (TPSA) is 102 Å². The number of rotatable bonds is 4. The third kappa shape index (κ3) is 2.51. The summed E-state index contributed by atoms with van der Waals surface area (Å²) < 4.78 is 23.9. The standard InChI is InChI=1S/C12H15N3O4S/c1-12(2,20(3,18)19)7-15-10-6-8(11(16)17)4-5-9(10)13-14-15/h4-6H,7H2,1-3H3,(H,16,17). The molecule has 0 unspecified atom stereocenters. The molecule has 8 heteroatoms. The number of carboxylic acid groups (broad SMARTS) is 1. The third-order valence-electron chi connectivity index (χ3n) is 3.30. The number of aromatic carboxylic acids is 1. The van der Waals surface area contributed by atoms with Crippen molar-refractivity contribution in [3.63, 3.8) is 0 Å². The molecule has 0 amide bonds. The lowest BCUT2D eigenvalue weighted by atomic mass is 10.2. The number of carbonyl (C=O) groups is 1. The van der Waals surface area contributed by atoms with E-state index in [1.807, 2.05) is 0 Å². The van der Waals surface area contributed by atoms with E-state index >= 15 is 0 Å². The van der Waals surface area contributed by atoms with Crippen LogP contribution in [-0.2, 0) is 16.4 Å². The average molecular weight is 297 g/mol. The van der Waals surface area contributed by atoms with Crippen LogP contribution in [0, 0.1) is 0 Å². The van der Waals surface area contributed by atoms with E-state index in [9.17, 15) is 13.2 Å². The van der Waals surface area contributed by atoms with Gasteiger partial charge in [-0.25, -0.2) is 17.9 Å². The minimum atomic E-state index is -3.28. The number of hydrogen-bond donors (Lipinski definition) is 1. The molecule has 20 heavy (non-hydrogen) atoms. The lowest BCUT2D eigenvalue weighted by molar-refractivity contribution is 0.0697. The van der Waals surface area contributed by atoms with E-state index < -0.39 is 20.6 Å². The van der Waals surface area contributed by atoms with Gasteiger partial charge >= 0.3 is 5.97 Å². The molecular weight excluding hydrogens is 282 g/mol. The van der Waals surface area contributed by atoms with Gasteiger partial charge in [-0.15, -0.1) is 5.10 Å². The van der Waals surface area contributed by atoms with Gasteiger partial charge in [-0.1, -0.05) is 5.21 Å². The fraction of sp³-hybridized carbons (Fsp3) is 0.417. The first-order chi connectivity index (χ1) is 9.12. The van der Waals surface area contributed by atoms with Gasteiger partial charge in [0.2, 0.25) is 0 Å². The molecule has 1 aromatic heterocycles. The van der Waals surface area contributed by atoms with Gasteiger partial charge in [0.05, 0.1) is 22.4 Å². The molecule has 1 N–H and O–H groups in total. The summed E-state index contributed by atoms with van der Waals surface area (Å²) in [4.78, 5) is 11.0. The number of sulfone groups is 1. The Kier molecular flexibility index (Phi) is 3.29. The Balaban J connectivity index is 2.51. The molecule has 1 aromatic carbocycles. The number of aromatic nitrogens is 3. The molecule has 0 atom stereocenters. The van der Waals surface area contributed by atoms with Crippen LogP contribution in [-0.4, -0.2) is 45.5 Å².